The number of hydrogen-bond acceptors (Lipinski definition) is 3. The summed E-state index contributed by atoms with van der Waals surface area (Å²) >= 11 is 3.47. The number of amides is 2. The van der Waals surface area contributed by atoms with Crippen molar-refractivity contribution in [1.29, 1.82) is 0 Å². The zero-order valence-corrected chi connectivity index (χ0v) is 15.3. The van der Waals surface area contributed by atoms with E-state index in [1.807, 2.05) is 37.3 Å². The number of benzene rings is 1. The molecule has 1 aromatic heterocycles. The summed E-state index contributed by atoms with van der Waals surface area (Å²) < 4.78 is 0.938. The molecule has 0 aliphatic rings. The van der Waals surface area contributed by atoms with Crippen molar-refractivity contribution >= 4 is 33.4 Å². The van der Waals surface area contributed by atoms with Gasteiger partial charge in [-0.25, -0.2) is 0 Å². The highest BCUT2D eigenvalue weighted by Gasteiger charge is 2.14. The van der Waals surface area contributed by atoms with Crippen molar-refractivity contribution in [2.24, 2.45) is 0 Å². The summed E-state index contributed by atoms with van der Waals surface area (Å²) in [7, 11) is 0. The summed E-state index contributed by atoms with van der Waals surface area (Å²) in [6.07, 6.45) is 3.62. The summed E-state index contributed by atoms with van der Waals surface area (Å²) in [5.74, 6) is -0.183. The van der Waals surface area contributed by atoms with Crippen LogP contribution in [0.25, 0.3) is 0 Å². The third-order valence-electron chi connectivity index (χ3n) is 3.65. The Hall–Kier alpha value is -2.21. The molecular weight excluding hydrogens is 370 g/mol. The Morgan fingerprint density at radius 1 is 1.21 bits per heavy atom. The molecular formula is C18H20BrN3O2. The van der Waals surface area contributed by atoms with Crippen molar-refractivity contribution in [3.63, 3.8) is 0 Å². The first-order chi connectivity index (χ1) is 11.5. The van der Waals surface area contributed by atoms with Crippen molar-refractivity contribution in [1.82, 2.24) is 10.3 Å². The molecule has 1 heterocycles. The van der Waals surface area contributed by atoms with Gasteiger partial charge in [-0.1, -0.05) is 22.0 Å². The maximum atomic E-state index is 12.0. The lowest BCUT2D eigenvalue weighted by Crippen LogP contribution is -2.33. The van der Waals surface area contributed by atoms with Crippen molar-refractivity contribution in [2.45, 2.75) is 26.8 Å². The van der Waals surface area contributed by atoms with Crippen LogP contribution in [0.2, 0.25) is 0 Å². The van der Waals surface area contributed by atoms with Crippen molar-refractivity contribution < 1.29 is 9.59 Å². The van der Waals surface area contributed by atoms with Crippen molar-refractivity contribution in [2.75, 3.05) is 11.4 Å². The lowest BCUT2D eigenvalue weighted by atomic mass is 10.2. The average molecular weight is 390 g/mol. The van der Waals surface area contributed by atoms with Crippen LogP contribution in [0.1, 0.15) is 24.5 Å². The molecule has 0 atom stereocenters. The highest BCUT2D eigenvalue weighted by Crippen LogP contribution is 2.24. The van der Waals surface area contributed by atoms with Crippen LogP contribution in [0.4, 0.5) is 5.69 Å². The van der Waals surface area contributed by atoms with Gasteiger partial charge < -0.3 is 10.2 Å². The second kappa shape index (κ2) is 8.59. The van der Waals surface area contributed by atoms with Crippen LogP contribution in [-0.2, 0) is 16.1 Å². The van der Waals surface area contributed by atoms with Crippen LogP contribution in [0.5, 0.6) is 0 Å². The molecule has 2 aromatic rings. The van der Waals surface area contributed by atoms with Gasteiger partial charge in [0, 0.05) is 49.0 Å². The van der Waals surface area contributed by atoms with Gasteiger partial charge in [0.1, 0.15) is 0 Å². The molecule has 0 spiro atoms. The Labute approximate surface area is 150 Å². The van der Waals surface area contributed by atoms with E-state index in [0.29, 0.717) is 13.1 Å². The fourth-order valence-corrected chi connectivity index (χ4v) is 2.59. The van der Waals surface area contributed by atoms with Gasteiger partial charge in [0.05, 0.1) is 0 Å². The SMILES string of the molecule is CC(=O)N(CCC(=O)NCc1ccncc1)c1ccc(C)c(Br)c1. The maximum absolute atomic E-state index is 12.0. The van der Waals surface area contributed by atoms with Gasteiger partial charge in [-0.15, -0.1) is 0 Å². The minimum atomic E-state index is -0.0933. The third kappa shape index (κ3) is 5.16. The maximum Gasteiger partial charge on any atom is 0.223 e. The lowest BCUT2D eigenvalue weighted by molar-refractivity contribution is -0.121. The van der Waals surface area contributed by atoms with Crippen molar-refractivity contribution in [3.05, 3.63) is 58.3 Å². The summed E-state index contributed by atoms with van der Waals surface area (Å²) in [5.41, 5.74) is 2.86. The van der Waals surface area contributed by atoms with E-state index in [4.69, 9.17) is 0 Å². The van der Waals surface area contributed by atoms with Crippen LogP contribution in [0.3, 0.4) is 0 Å². The highest BCUT2D eigenvalue weighted by molar-refractivity contribution is 9.10. The average Bonchev–Trinajstić information content (AvgIpc) is 2.57. The van der Waals surface area contributed by atoms with E-state index >= 15 is 0 Å². The van der Waals surface area contributed by atoms with E-state index in [2.05, 4.69) is 26.2 Å². The molecule has 0 saturated carbocycles. The summed E-state index contributed by atoms with van der Waals surface area (Å²) in [5, 5.41) is 2.85. The Morgan fingerprint density at radius 2 is 1.92 bits per heavy atom. The number of pyridine rings is 1. The standard InChI is InChI=1S/C18H20BrN3O2/c1-13-3-4-16(11-17(13)19)22(14(2)23)10-7-18(24)21-12-15-5-8-20-9-6-15/h3-6,8-9,11H,7,10,12H2,1-2H3,(H,21,24). The second-order valence-electron chi connectivity index (χ2n) is 5.49. The molecule has 6 heteroatoms. The van der Waals surface area contributed by atoms with E-state index in [-0.39, 0.29) is 18.2 Å². The topological polar surface area (TPSA) is 62.3 Å². The molecule has 0 bridgehead atoms. The van der Waals surface area contributed by atoms with E-state index < -0.39 is 0 Å². The first kappa shape index (κ1) is 18.1. The molecule has 0 fully saturated rings. The third-order valence-corrected chi connectivity index (χ3v) is 4.50. The monoisotopic (exact) mass is 389 g/mol. The number of carbonyl (C=O) groups is 2. The summed E-state index contributed by atoms with van der Waals surface area (Å²) in [4.78, 5) is 29.5. The quantitative estimate of drug-likeness (QED) is 0.824. The largest absolute Gasteiger partial charge is 0.352 e. The van der Waals surface area contributed by atoms with E-state index in [1.165, 1.54) is 6.92 Å². The molecule has 0 aliphatic carbocycles. The van der Waals surface area contributed by atoms with E-state index in [9.17, 15) is 9.59 Å². The molecule has 0 unspecified atom stereocenters. The number of rotatable bonds is 6. The molecule has 126 valence electrons. The minimum Gasteiger partial charge on any atom is -0.352 e. The Kier molecular flexibility index (Phi) is 6.49. The molecule has 0 radical (unpaired) electrons. The number of hydrogen-bond donors (Lipinski definition) is 1. The number of nitrogens with one attached hydrogen (secondary N) is 1. The molecule has 1 aromatic carbocycles. The van der Waals surface area contributed by atoms with Gasteiger partial charge in [0.15, 0.2) is 0 Å². The summed E-state index contributed by atoms with van der Waals surface area (Å²) in [6.45, 7) is 4.28. The molecule has 5 nitrogen and oxygen atoms in total. The highest BCUT2D eigenvalue weighted by atomic mass is 79.9. The second-order valence-corrected chi connectivity index (χ2v) is 6.34. The number of aryl methyl sites for hydroxylation is 1. The molecule has 2 rings (SSSR count). The molecule has 0 aliphatic heterocycles. The predicted octanol–water partition coefficient (Wildman–Crippen LogP) is 3.21. The van der Waals surface area contributed by atoms with Crippen molar-refractivity contribution in [3.8, 4) is 0 Å². The normalized spacial score (nSPS) is 10.3. The molecule has 24 heavy (non-hydrogen) atoms. The smallest absolute Gasteiger partial charge is 0.223 e. The van der Waals surface area contributed by atoms with Gasteiger partial charge in [0.2, 0.25) is 11.8 Å². The number of halogens is 1. The molecule has 2 amide bonds. The Bertz CT molecular complexity index is 719. The number of carbonyl (C=O) groups excluding carboxylic acids is 2. The van der Waals surface area contributed by atoms with Crippen LogP contribution >= 0.6 is 15.9 Å². The number of nitrogens with zero attached hydrogens (tertiary/aromatic N) is 2. The fourth-order valence-electron chi connectivity index (χ4n) is 2.22. The van der Waals surface area contributed by atoms with Crippen LogP contribution in [0, 0.1) is 6.92 Å². The van der Waals surface area contributed by atoms with Gasteiger partial charge in [0.25, 0.3) is 0 Å². The van der Waals surface area contributed by atoms with Crippen LogP contribution < -0.4 is 10.2 Å². The molecule has 1 N–H and O–H groups in total. The van der Waals surface area contributed by atoms with Crippen LogP contribution in [-0.4, -0.2) is 23.3 Å². The fraction of sp³-hybridized carbons (Fsp3) is 0.278. The first-order valence-corrected chi connectivity index (χ1v) is 8.46. The minimum absolute atomic E-state index is 0.0901. The zero-order chi connectivity index (χ0) is 17.5. The van der Waals surface area contributed by atoms with E-state index in [0.717, 1.165) is 21.3 Å². The first-order valence-electron chi connectivity index (χ1n) is 7.67. The number of anilines is 1. The molecule has 0 saturated heterocycles. The van der Waals surface area contributed by atoms with Crippen LogP contribution in [0.15, 0.2) is 47.2 Å². The Morgan fingerprint density at radius 3 is 2.54 bits per heavy atom. The summed E-state index contributed by atoms with van der Waals surface area (Å²) in [6, 6.07) is 9.43. The van der Waals surface area contributed by atoms with Gasteiger partial charge in [-0.2, -0.15) is 0 Å². The number of aromatic nitrogens is 1. The zero-order valence-electron chi connectivity index (χ0n) is 13.8. The predicted molar refractivity (Wildman–Crippen MR) is 97.6 cm³/mol. The van der Waals surface area contributed by atoms with Gasteiger partial charge in [-0.05, 0) is 42.3 Å². The van der Waals surface area contributed by atoms with E-state index in [1.54, 1.807) is 17.3 Å². The van der Waals surface area contributed by atoms with Gasteiger partial charge >= 0.3 is 0 Å². The Balaban J connectivity index is 1.92. The van der Waals surface area contributed by atoms with Gasteiger partial charge in [-0.3, -0.25) is 14.6 Å². The lowest BCUT2D eigenvalue weighted by Gasteiger charge is -2.21.